The summed E-state index contributed by atoms with van der Waals surface area (Å²) < 4.78 is 21.4. The van der Waals surface area contributed by atoms with E-state index in [1.165, 1.54) is 12.3 Å². The fourth-order valence-electron chi connectivity index (χ4n) is 4.99. The van der Waals surface area contributed by atoms with Crippen molar-refractivity contribution >= 4 is 16.8 Å². The van der Waals surface area contributed by atoms with E-state index in [0.29, 0.717) is 35.5 Å². The number of carbonyl (C=O) groups excluding carboxylic acids is 1. The largest absolute Gasteiger partial charge is 0.469 e. The molecule has 0 unspecified atom stereocenters. The molecule has 2 aromatic heterocycles. The minimum atomic E-state index is -0.424. The number of halogens is 1. The van der Waals surface area contributed by atoms with Crippen LogP contribution in [0.2, 0.25) is 0 Å². The number of hydrogen-bond donors (Lipinski definition) is 0. The van der Waals surface area contributed by atoms with Gasteiger partial charge in [0.15, 0.2) is 0 Å². The molecule has 0 bridgehead atoms. The molecule has 1 atom stereocenters. The molecule has 32 heavy (non-hydrogen) atoms. The van der Waals surface area contributed by atoms with Gasteiger partial charge in [-0.2, -0.15) is 10.4 Å². The van der Waals surface area contributed by atoms with E-state index < -0.39 is 5.82 Å². The van der Waals surface area contributed by atoms with Gasteiger partial charge in [-0.3, -0.25) is 14.3 Å². The topological polar surface area (TPSA) is 84.3 Å². The van der Waals surface area contributed by atoms with Crippen LogP contribution < -0.4 is 0 Å². The van der Waals surface area contributed by atoms with E-state index in [0.717, 1.165) is 43.4 Å². The van der Waals surface area contributed by atoms with Crippen LogP contribution in [0.4, 0.5) is 4.39 Å². The monoisotopic (exact) mass is 436 g/mol. The predicted octanol–water partition coefficient (Wildman–Crippen LogP) is 4.66. The molecule has 1 saturated carbocycles. The number of nitriles is 1. The second kappa shape index (κ2) is 8.40. The van der Waals surface area contributed by atoms with Gasteiger partial charge < -0.3 is 4.42 Å². The highest BCUT2D eigenvalue weighted by Crippen LogP contribution is 2.37. The summed E-state index contributed by atoms with van der Waals surface area (Å²) in [6.45, 7) is 3.07. The highest BCUT2D eigenvalue weighted by atomic mass is 19.1. The molecule has 2 aliphatic rings. The maximum absolute atomic E-state index is 14.2. The summed E-state index contributed by atoms with van der Waals surface area (Å²) in [4.78, 5) is 18.9. The molecule has 1 aliphatic carbocycles. The van der Waals surface area contributed by atoms with Crippen LogP contribution in [0, 0.1) is 35.9 Å². The lowest BCUT2D eigenvalue weighted by atomic mass is 9.81. The molecular weight excluding hydrogens is 411 g/mol. The van der Waals surface area contributed by atoms with Gasteiger partial charge in [0.2, 0.25) is 5.91 Å². The molecule has 3 heterocycles. The van der Waals surface area contributed by atoms with E-state index >= 15 is 0 Å². The van der Waals surface area contributed by atoms with Gasteiger partial charge in [0.25, 0.3) is 0 Å². The van der Waals surface area contributed by atoms with Crippen LogP contribution in [0.5, 0.6) is 0 Å². The van der Waals surface area contributed by atoms with Crippen molar-refractivity contribution in [1.82, 2.24) is 14.8 Å². The third-order valence-corrected chi connectivity index (χ3v) is 6.73. The molecule has 2 fully saturated rings. The number of aromatic nitrogens is 2. The van der Waals surface area contributed by atoms with Crippen LogP contribution in [-0.2, 0) is 16.2 Å². The zero-order valence-corrected chi connectivity index (χ0v) is 18.0. The van der Waals surface area contributed by atoms with Gasteiger partial charge in [0.05, 0.1) is 47.6 Å². The summed E-state index contributed by atoms with van der Waals surface area (Å²) >= 11 is 0. The van der Waals surface area contributed by atoms with Crippen LogP contribution in [0.25, 0.3) is 10.9 Å². The van der Waals surface area contributed by atoms with Gasteiger partial charge in [-0.05, 0) is 56.7 Å². The fourth-order valence-corrected chi connectivity index (χ4v) is 4.99. The van der Waals surface area contributed by atoms with Crippen LogP contribution in [0.3, 0.4) is 0 Å². The second-order valence-corrected chi connectivity index (χ2v) is 8.84. The lowest BCUT2D eigenvalue weighted by Crippen LogP contribution is -2.37. The first-order valence-electron chi connectivity index (χ1n) is 11.1. The van der Waals surface area contributed by atoms with Crippen molar-refractivity contribution in [3.63, 3.8) is 0 Å². The van der Waals surface area contributed by atoms with Crippen molar-refractivity contribution in [1.29, 1.82) is 5.26 Å². The van der Waals surface area contributed by atoms with E-state index in [-0.39, 0.29) is 17.9 Å². The lowest BCUT2D eigenvalue weighted by Gasteiger charge is -2.31. The van der Waals surface area contributed by atoms with Gasteiger partial charge in [-0.1, -0.05) is 0 Å². The van der Waals surface area contributed by atoms with E-state index in [1.54, 1.807) is 22.1 Å². The first kappa shape index (κ1) is 20.7. The fraction of sp³-hybridized carbons (Fsp3) is 0.458. The number of amides is 1. The molecule has 1 aliphatic heterocycles. The van der Waals surface area contributed by atoms with Gasteiger partial charge in [-0.25, -0.2) is 9.45 Å². The van der Waals surface area contributed by atoms with Crippen molar-refractivity contribution < 1.29 is 18.4 Å². The van der Waals surface area contributed by atoms with E-state index in [4.69, 9.17) is 14.5 Å². The third-order valence-electron chi connectivity index (χ3n) is 6.73. The third kappa shape index (κ3) is 3.78. The molecule has 1 aromatic carbocycles. The number of furan rings is 1. The molecule has 1 saturated heterocycles. The first-order chi connectivity index (χ1) is 15.5. The number of rotatable bonds is 4. The molecule has 8 heteroatoms. The van der Waals surface area contributed by atoms with Crippen molar-refractivity contribution in [3.05, 3.63) is 53.4 Å². The number of carbonyl (C=O) groups is 1. The smallest absolute Gasteiger partial charge is 0.249 e. The maximum Gasteiger partial charge on any atom is 0.249 e. The molecule has 166 valence electrons. The number of aryl methyl sites for hydroxylation is 1. The highest BCUT2D eigenvalue weighted by molar-refractivity contribution is 5.81. The summed E-state index contributed by atoms with van der Waals surface area (Å²) in [5.74, 6) is 0.745. The molecular formula is C24H25FN4O3. The van der Waals surface area contributed by atoms with E-state index in [1.807, 2.05) is 19.1 Å². The summed E-state index contributed by atoms with van der Waals surface area (Å²) in [6.07, 6.45) is 7.36. The Hall–Kier alpha value is -3.18. The van der Waals surface area contributed by atoms with Crippen molar-refractivity contribution in [2.24, 2.45) is 11.8 Å². The zero-order valence-electron chi connectivity index (χ0n) is 18.0. The number of fused-ring (bicyclic) bond motifs is 1. The Bertz CT molecular complexity index is 1190. The van der Waals surface area contributed by atoms with Crippen LogP contribution in [-0.4, -0.2) is 27.4 Å². The Kier molecular flexibility index (Phi) is 5.43. The zero-order chi connectivity index (χ0) is 22.2. The average Bonchev–Trinajstić information content (AvgIpc) is 3.54. The number of hydroxylamine groups is 2. The predicted molar refractivity (Wildman–Crippen MR) is 113 cm³/mol. The van der Waals surface area contributed by atoms with E-state index in [9.17, 15) is 9.18 Å². The Labute approximate surface area is 185 Å². The van der Waals surface area contributed by atoms with Crippen LogP contribution in [0.15, 0.2) is 35.1 Å². The molecule has 0 radical (unpaired) electrons. The van der Waals surface area contributed by atoms with E-state index in [2.05, 4.69) is 5.10 Å². The van der Waals surface area contributed by atoms with Crippen molar-refractivity contribution in [2.75, 3.05) is 6.61 Å². The summed E-state index contributed by atoms with van der Waals surface area (Å²) in [7, 11) is 0. The number of nitrogens with zero attached hydrogens (tertiary/aromatic N) is 4. The van der Waals surface area contributed by atoms with Gasteiger partial charge >= 0.3 is 0 Å². The average molecular weight is 436 g/mol. The minimum Gasteiger partial charge on any atom is -0.469 e. The summed E-state index contributed by atoms with van der Waals surface area (Å²) in [5.41, 5.74) is 1.92. The van der Waals surface area contributed by atoms with Gasteiger partial charge in [0, 0.05) is 24.4 Å². The van der Waals surface area contributed by atoms with Gasteiger partial charge in [-0.15, -0.1) is 0 Å². The first-order valence-corrected chi connectivity index (χ1v) is 11.1. The highest BCUT2D eigenvalue weighted by Gasteiger charge is 2.37. The Morgan fingerprint density at radius 1 is 1.25 bits per heavy atom. The minimum absolute atomic E-state index is 0.0510. The quantitative estimate of drug-likeness (QED) is 0.594. The second-order valence-electron chi connectivity index (χ2n) is 8.84. The Morgan fingerprint density at radius 2 is 2.06 bits per heavy atom. The molecule has 0 spiro atoms. The van der Waals surface area contributed by atoms with Crippen LogP contribution >= 0.6 is 0 Å². The molecule has 5 rings (SSSR count). The van der Waals surface area contributed by atoms with Crippen LogP contribution in [0.1, 0.15) is 55.0 Å². The van der Waals surface area contributed by atoms with Gasteiger partial charge in [0.1, 0.15) is 11.6 Å². The SMILES string of the molecule is Cc1cc([C@@H]2CCON2C(=O)[C@H]2CC[C@H](Cn3ncc4c(F)cc(C#N)cc43)CC2)co1. The molecule has 1 amide bonds. The molecule has 3 aromatic rings. The lowest BCUT2D eigenvalue weighted by molar-refractivity contribution is -0.183. The number of benzene rings is 1. The van der Waals surface area contributed by atoms with Crippen molar-refractivity contribution in [2.45, 2.75) is 51.6 Å². The Balaban J connectivity index is 1.23. The standard InChI is InChI=1S/C24H25FN4O3/c1-15-8-19(14-31-15)22-6-7-32-29(22)24(30)18-4-2-16(3-5-18)13-28-23-10-17(11-26)9-21(25)20(23)12-27-28/h8-10,12,14,16,18,22H,2-7,13H2,1H3/t16-,18-,22-/m0/s1. The Morgan fingerprint density at radius 3 is 2.78 bits per heavy atom. The molecule has 7 nitrogen and oxygen atoms in total. The maximum atomic E-state index is 14.2. The summed E-state index contributed by atoms with van der Waals surface area (Å²) in [5, 5.41) is 15.5. The number of hydrogen-bond acceptors (Lipinski definition) is 5. The normalized spacial score (nSPS) is 23.5. The summed E-state index contributed by atoms with van der Waals surface area (Å²) in [6, 6.07) is 6.80. The molecule has 0 N–H and O–H groups in total. The van der Waals surface area contributed by atoms with Crippen molar-refractivity contribution in [3.8, 4) is 6.07 Å².